The zero-order chi connectivity index (χ0) is 12.7. The molecule has 0 bridgehead atoms. The molecule has 18 heavy (non-hydrogen) atoms. The molecule has 1 aromatic carbocycles. The highest BCUT2D eigenvalue weighted by Gasteiger charge is 2.26. The van der Waals surface area contributed by atoms with Crippen LogP contribution < -0.4 is 9.80 Å². The van der Waals surface area contributed by atoms with E-state index in [0.29, 0.717) is 0 Å². The monoisotopic (exact) mass is 240 g/mol. The van der Waals surface area contributed by atoms with E-state index in [1.807, 2.05) is 6.20 Å². The van der Waals surface area contributed by atoms with Crippen LogP contribution in [0.25, 0.3) is 0 Å². The summed E-state index contributed by atoms with van der Waals surface area (Å²) in [4.78, 5) is 12.9. The molecular formula is C14H16N4. The molecule has 1 aliphatic heterocycles. The van der Waals surface area contributed by atoms with E-state index >= 15 is 0 Å². The van der Waals surface area contributed by atoms with Crippen molar-refractivity contribution in [1.82, 2.24) is 9.97 Å². The van der Waals surface area contributed by atoms with Gasteiger partial charge in [0.05, 0.1) is 12.9 Å². The Balaban J connectivity index is 2.12. The number of nitrogens with zero attached hydrogens (tertiary/aromatic N) is 4. The Morgan fingerprint density at radius 3 is 2.83 bits per heavy atom. The van der Waals surface area contributed by atoms with Crippen LogP contribution in [0.2, 0.25) is 0 Å². The van der Waals surface area contributed by atoms with Gasteiger partial charge in [0.2, 0.25) is 0 Å². The third-order valence-electron chi connectivity index (χ3n) is 3.56. The lowest BCUT2D eigenvalue weighted by Gasteiger charge is -2.21. The second-order valence-corrected chi connectivity index (χ2v) is 4.72. The van der Waals surface area contributed by atoms with Crippen molar-refractivity contribution in [1.29, 1.82) is 0 Å². The van der Waals surface area contributed by atoms with Crippen molar-refractivity contribution in [2.24, 2.45) is 0 Å². The summed E-state index contributed by atoms with van der Waals surface area (Å²) in [5.74, 6) is 0.987. The lowest BCUT2D eigenvalue weighted by Crippen LogP contribution is -2.24. The molecule has 0 saturated heterocycles. The number of fused-ring (bicyclic) bond motifs is 1. The molecule has 0 radical (unpaired) electrons. The molecule has 92 valence electrons. The first-order chi connectivity index (χ1) is 8.68. The maximum absolute atomic E-state index is 4.41. The van der Waals surface area contributed by atoms with Crippen molar-refractivity contribution < 1.29 is 0 Å². The van der Waals surface area contributed by atoms with Gasteiger partial charge in [-0.15, -0.1) is 0 Å². The van der Waals surface area contributed by atoms with Gasteiger partial charge in [-0.25, -0.2) is 9.97 Å². The molecule has 0 spiro atoms. The van der Waals surface area contributed by atoms with Gasteiger partial charge in [-0.1, -0.05) is 12.1 Å². The van der Waals surface area contributed by atoms with E-state index in [4.69, 9.17) is 0 Å². The highest BCUT2D eigenvalue weighted by molar-refractivity contribution is 5.79. The maximum atomic E-state index is 4.41. The lowest BCUT2D eigenvalue weighted by molar-refractivity contribution is 0.938. The molecule has 4 nitrogen and oxygen atoms in total. The second-order valence-electron chi connectivity index (χ2n) is 4.72. The standard InChI is InChI=1S/C14H16N4/c1-10-5-4-6-12(11(10)2)18-9-17(3)13-7-15-8-16-14(13)18/h4-8H,9H2,1-3H3. The number of hydrogen-bond acceptors (Lipinski definition) is 4. The molecule has 4 heteroatoms. The minimum absolute atomic E-state index is 0.818. The van der Waals surface area contributed by atoms with E-state index < -0.39 is 0 Å². The van der Waals surface area contributed by atoms with Crippen LogP contribution in [0.5, 0.6) is 0 Å². The van der Waals surface area contributed by atoms with Crippen LogP contribution in [0, 0.1) is 13.8 Å². The van der Waals surface area contributed by atoms with Crippen LogP contribution in [0.4, 0.5) is 17.2 Å². The zero-order valence-electron chi connectivity index (χ0n) is 10.9. The van der Waals surface area contributed by atoms with E-state index in [2.05, 4.69) is 58.9 Å². The van der Waals surface area contributed by atoms with Gasteiger partial charge in [-0.05, 0) is 31.0 Å². The summed E-state index contributed by atoms with van der Waals surface area (Å²) in [6.07, 6.45) is 3.48. The Morgan fingerprint density at radius 1 is 1.17 bits per heavy atom. The van der Waals surface area contributed by atoms with Gasteiger partial charge in [0, 0.05) is 12.7 Å². The third kappa shape index (κ3) is 1.53. The van der Waals surface area contributed by atoms with E-state index in [9.17, 15) is 0 Å². The molecule has 0 N–H and O–H groups in total. The summed E-state index contributed by atoms with van der Waals surface area (Å²) in [7, 11) is 2.06. The summed E-state index contributed by atoms with van der Waals surface area (Å²) < 4.78 is 0. The van der Waals surface area contributed by atoms with E-state index in [-0.39, 0.29) is 0 Å². The Bertz CT molecular complexity index is 594. The van der Waals surface area contributed by atoms with E-state index in [0.717, 1.165) is 18.2 Å². The van der Waals surface area contributed by atoms with Gasteiger partial charge in [0.15, 0.2) is 5.82 Å². The second kappa shape index (κ2) is 3.98. The summed E-state index contributed by atoms with van der Waals surface area (Å²) >= 11 is 0. The van der Waals surface area contributed by atoms with Gasteiger partial charge in [-0.3, -0.25) is 0 Å². The topological polar surface area (TPSA) is 32.3 Å². The van der Waals surface area contributed by atoms with Crippen molar-refractivity contribution in [3.63, 3.8) is 0 Å². The smallest absolute Gasteiger partial charge is 0.161 e. The molecule has 0 amide bonds. The highest BCUT2D eigenvalue weighted by atomic mass is 15.4. The fraction of sp³-hybridized carbons (Fsp3) is 0.286. The summed E-state index contributed by atoms with van der Waals surface area (Å²) in [6, 6.07) is 6.38. The summed E-state index contributed by atoms with van der Waals surface area (Å²) in [6.45, 7) is 5.11. The molecule has 1 aromatic heterocycles. The molecular weight excluding hydrogens is 224 g/mol. The van der Waals surface area contributed by atoms with Crippen LogP contribution in [0.3, 0.4) is 0 Å². The molecule has 3 rings (SSSR count). The first kappa shape index (κ1) is 11.0. The van der Waals surface area contributed by atoms with Crippen LogP contribution in [-0.4, -0.2) is 23.7 Å². The minimum Gasteiger partial charge on any atom is -0.352 e. The van der Waals surface area contributed by atoms with Crippen LogP contribution in [-0.2, 0) is 0 Å². The third-order valence-corrected chi connectivity index (χ3v) is 3.56. The van der Waals surface area contributed by atoms with E-state index in [1.165, 1.54) is 16.8 Å². The maximum Gasteiger partial charge on any atom is 0.161 e. The molecule has 0 saturated carbocycles. The first-order valence-corrected chi connectivity index (χ1v) is 6.03. The number of anilines is 3. The van der Waals surface area contributed by atoms with Crippen molar-refractivity contribution in [3.05, 3.63) is 41.9 Å². The molecule has 2 heterocycles. The van der Waals surface area contributed by atoms with Crippen LogP contribution in [0.1, 0.15) is 11.1 Å². The fourth-order valence-corrected chi connectivity index (χ4v) is 2.37. The molecule has 0 atom stereocenters. The fourth-order valence-electron chi connectivity index (χ4n) is 2.37. The highest BCUT2D eigenvalue weighted by Crippen LogP contribution is 2.38. The molecule has 1 aliphatic rings. The van der Waals surface area contributed by atoms with Gasteiger partial charge < -0.3 is 9.80 Å². The first-order valence-electron chi connectivity index (χ1n) is 6.03. The molecule has 0 fully saturated rings. The SMILES string of the molecule is Cc1cccc(N2CN(C)c3cncnc32)c1C. The Labute approximate surface area is 107 Å². The number of aromatic nitrogens is 2. The van der Waals surface area contributed by atoms with Crippen molar-refractivity contribution in [3.8, 4) is 0 Å². The quantitative estimate of drug-likeness (QED) is 0.767. The van der Waals surface area contributed by atoms with Crippen molar-refractivity contribution in [2.45, 2.75) is 13.8 Å². The van der Waals surface area contributed by atoms with Gasteiger partial charge in [0.1, 0.15) is 12.0 Å². The number of benzene rings is 1. The number of aryl methyl sites for hydroxylation is 1. The number of rotatable bonds is 1. The summed E-state index contributed by atoms with van der Waals surface area (Å²) in [5, 5.41) is 0. The molecule has 2 aromatic rings. The largest absolute Gasteiger partial charge is 0.352 e. The van der Waals surface area contributed by atoms with Crippen LogP contribution >= 0.6 is 0 Å². The zero-order valence-corrected chi connectivity index (χ0v) is 10.9. The lowest BCUT2D eigenvalue weighted by atomic mass is 10.1. The van der Waals surface area contributed by atoms with Crippen molar-refractivity contribution >= 4 is 17.2 Å². The predicted molar refractivity (Wildman–Crippen MR) is 73.4 cm³/mol. The van der Waals surface area contributed by atoms with Crippen LogP contribution in [0.15, 0.2) is 30.7 Å². The number of hydrogen-bond donors (Lipinski definition) is 0. The minimum atomic E-state index is 0.818. The van der Waals surface area contributed by atoms with Crippen molar-refractivity contribution in [2.75, 3.05) is 23.5 Å². The summed E-state index contributed by atoms with van der Waals surface area (Å²) in [5.41, 5.74) is 4.91. The Kier molecular flexibility index (Phi) is 2.44. The average Bonchev–Trinajstić information content (AvgIpc) is 2.71. The average molecular weight is 240 g/mol. The van der Waals surface area contributed by atoms with Gasteiger partial charge in [0.25, 0.3) is 0 Å². The normalized spacial score (nSPS) is 13.9. The van der Waals surface area contributed by atoms with E-state index in [1.54, 1.807) is 6.33 Å². The Morgan fingerprint density at radius 2 is 2.00 bits per heavy atom. The Hall–Kier alpha value is -2.10. The predicted octanol–water partition coefficient (Wildman–Crippen LogP) is 2.64. The van der Waals surface area contributed by atoms with Gasteiger partial charge in [-0.2, -0.15) is 0 Å². The molecule has 0 aliphatic carbocycles. The molecule has 0 unspecified atom stereocenters. The van der Waals surface area contributed by atoms with Gasteiger partial charge >= 0.3 is 0 Å².